The first-order valence-corrected chi connectivity index (χ1v) is 9.62. The van der Waals surface area contributed by atoms with E-state index in [0.717, 1.165) is 37.7 Å². The van der Waals surface area contributed by atoms with Gasteiger partial charge in [0.2, 0.25) is 5.91 Å². The van der Waals surface area contributed by atoms with Gasteiger partial charge in [0.25, 0.3) is 0 Å². The second-order valence-corrected chi connectivity index (χ2v) is 7.47. The summed E-state index contributed by atoms with van der Waals surface area (Å²) in [6.07, 6.45) is 3.06. The summed E-state index contributed by atoms with van der Waals surface area (Å²) >= 11 is 0. The molecule has 5 nitrogen and oxygen atoms in total. The van der Waals surface area contributed by atoms with Crippen molar-refractivity contribution in [1.29, 1.82) is 0 Å². The van der Waals surface area contributed by atoms with E-state index in [-0.39, 0.29) is 11.8 Å². The zero-order valence-corrected chi connectivity index (χ0v) is 15.3. The lowest BCUT2D eigenvalue weighted by Gasteiger charge is -2.35. The first-order valence-electron chi connectivity index (χ1n) is 9.62. The van der Waals surface area contributed by atoms with Crippen LogP contribution in [0.3, 0.4) is 0 Å². The number of hydrogen-bond donors (Lipinski definition) is 0. The van der Waals surface area contributed by atoms with Crippen molar-refractivity contribution < 1.29 is 4.79 Å². The Balaban J connectivity index is 1.29. The second-order valence-electron chi connectivity index (χ2n) is 7.47. The lowest BCUT2D eigenvalue weighted by atomic mass is 9.97. The van der Waals surface area contributed by atoms with E-state index < -0.39 is 0 Å². The number of rotatable bonds is 5. The summed E-state index contributed by atoms with van der Waals surface area (Å²) in [7, 11) is 0. The predicted molar refractivity (Wildman–Crippen MR) is 102 cm³/mol. The summed E-state index contributed by atoms with van der Waals surface area (Å²) in [5, 5.41) is 8.76. The van der Waals surface area contributed by atoms with Crippen LogP contribution in [-0.4, -0.2) is 47.2 Å². The molecule has 4 rings (SSSR count). The molecular formula is C21H26N4O. The number of amides is 1. The van der Waals surface area contributed by atoms with E-state index in [2.05, 4.69) is 46.3 Å². The Bertz CT molecular complexity index is 734. The third-order valence-corrected chi connectivity index (χ3v) is 5.47. The van der Waals surface area contributed by atoms with E-state index in [9.17, 15) is 4.79 Å². The molecule has 1 aliphatic carbocycles. The Kier molecular flexibility index (Phi) is 4.87. The third kappa shape index (κ3) is 3.87. The quantitative estimate of drug-likeness (QED) is 0.831. The number of piperazine rings is 1. The predicted octanol–water partition coefficient (Wildman–Crippen LogP) is 3.20. The van der Waals surface area contributed by atoms with Crippen molar-refractivity contribution in [3.8, 4) is 0 Å². The van der Waals surface area contributed by atoms with Crippen molar-refractivity contribution in [3.63, 3.8) is 0 Å². The van der Waals surface area contributed by atoms with Gasteiger partial charge in [-0.3, -0.25) is 4.79 Å². The third-order valence-electron chi connectivity index (χ3n) is 5.47. The monoisotopic (exact) mass is 350 g/mol. The Morgan fingerprint density at radius 3 is 2.38 bits per heavy atom. The zero-order chi connectivity index (χ0) is 17.9. The van der Waals surface area contributed by atoms with Crippen molar-refractivity contribution >= 4 is 11.7 Å². The fraction of sp³-hybridized carbons (Fsp3) is 0.476. The largest absolute Gasteiger partial charge is 0.352 e. The Labute approximate surface area is 155 Å². The average Bonchev–Trinajstić information content (AvgIpc) is 3.54. The fourth-order valence-corrected chi connectivity index (χ4v) is 3.58. The topological polar surface area (TPSA) is 49.3 Å². The number of nitrogens with zero attached hydrogens (tertiary/aromatic N) is 4. The number of hydrogen-bond acceptors (Lipinski definition) is 4. The van der Waals surface area contributed by atoms with Gasteiger partial charge < -0.3 is 9.80 Å². The summed E-state index contributed by atoms with van der Waals surface area (Å²) in [5.41, 5.74) is 2.35. The summed E-state index contributed by atoms with van der Waals surface area (Å²) < 4.78 is 0. The van der Waals surface area contributed by atoms with Crippen LogP contribution in [0, 0.1) is 0 Å². The van der Waals surface area contributed by atoms with Crippen LogP contribution >= 0.6 is 0 Å². The molecule has 0 bridgehead atoms. The normalized spacial score (nSPS) is 18.7. The highest BCUT2D eigenvalue weighted by molar-refractivity contribution is 5.77. The smallest absolute Gasteiger partial charge is 0.223 e. The number of carbonyl (C=O) groups excluding carboxylic acids is 1. The molecule has 0 spiro atoms. The SMILES string of the molecule is CC(CC(=O)N1CCN(c2ccc(C3CC3)nn2)CC1)c1ccccc1. The average molecular weight is 350 g/mol. The van der Waals surface area contributed by atoms with Crippen LogP contribution < -0.4 is 4.90 Å². The lowest BCUT2D eigenvalue weighted by molar-refractivity contribution is -0.131. The van der Waals surface area contributed by atoms with E-state index in [0.29, 0.717) is 12.3 Å². The van der Waals surface area contributed by atoms with Gasteiger partial charge in [-0.15, -0.1) is 5.10 Å². The molecule has 2 aliphatic rings. The van der Waals surface area contributed by atoms with Crippen molar-refractivity contribution in [2.75, 3.05) is 31.1 Å². The van der Waals surface area contributed by atoms with Crippen LogP contribution in [-0.2, 0) is 4.79 Å². The molecule has 1 aromatic carbocycles. The maximum atomic E-state index is 12.6. The summed E-state index contributed by atoms with van der Waals surface area (Å²) in [6.45, 7) is 5.28. The van der Waals surface area contributed by atoms with Gasteiger partial charge in [0.05, 0.1) is 5.69 Å². The molecule has 1 saturated heterocycles. The molecule has 1 aliphatic heterocycles. The molecule has 0 radical (unpaired) electrons. The highest BCUT2D eigenvalue weighted by atomic mass is 16.2. The van der Waals surface area contributed by atoms with Gasteiger partial charge in [-0.05, 0) is 36.5 Å². The summed E-state index contributed by atoms with van der Waals surface area (Å²) in [4.78, 5) is 16.8. The molecular weight excluding hydrogens is 324 g/mol. The van der Waals surface area contributed by atoms with Gasteiger partial charge in [0.15, 0.2) is 5.82 Å². The van der Waals surface area contributed by atoms with Gasteiger partial charge >= 0.3 is 0 Å². The van der Waals surface area contributed by atoms with Crippen LogP contribution in [0.2, 0.25) is 0 Å². The molecule has 1 unspecified atom stereocenters. The minimum Gasteiger partial charge on any atom is -0.352 e. The molecule has 1 amide bonds. The molecule has 2 heterocycles. The summed E-state index contributed by atoms with van der Waals surface area (Å²) in [5.74, 6) is 2.07. The summed E-state index contributed by atoms with van der Waals surface area (Å²) in [6, 6.07) is 14.5. The Morgan fingerprint density at radius 2 is 1.77 bits per heavy atom. The number of benzene rings is 1. The van der Waals surface area contributed by atoms with Crippen molar-refractivity contribution in [2.45, 2.75) is 38.0 Å². The van der Waals surface area contributed by atoms with Gasteiger partial charge in [-0.25, -0.2) is 0 Å². The number of aromatic nitrogens is 2. The maximum Gasteiger partial charge on any atom is 0.223 e. The minimum absolute atomic E-state index is 0.246. The van der Waals surface area contributed by atoms with Gasteiger partial charge in [0.1, 0.15) is 0 Å². The van der Waals surface area contributed by atoms with Crippen LogP contribution in [0.25, 0.3) is 0 Å². The Hall–Kier alpha value is -2.43. The molecule has 26 heavy (non-hydrogen) atoms. The van der Waals surface area contributed by atoms with Crippen LogP contribution in [0.4, 0.5) is 5.82 Å². The van der Waals surface area contributed by atoms with Gasteiger partial charge in [-0.1, -0.05) is 37.3 Å². The van der Waals surface area contributed by atoms with E-state index in [4.69, 9.17) is 0 Å². The zero-order valence-electron chi connectivity index (χ0n) is 15.3. The first-order chi connectivity index (χ1) is 12.7. The van der Waals surface area contributed by atoms with E-state index in [1.54, 1.807) is 0 Å². The van der Waals surface area contributed by atoms with E-state index in [1.165, 1.54) is 18.4 Å². The number of carbonyl (C=O) groups is 1. The highest BCUT2D eigenvalue weighted by Crippen LogP contribution is 2.38. The lowest BCUT2D eigenvalue weighted by Crippen LogP contribution is -2.49. The molecule has 1 saturated carbocycles. The van der Waals surface area contributed by atoms with Crippen molar-refractivity contribution in [3.05, 3.63) is 53.7 Å². The van der Waals surface area contributed by atoms with Crippen LogP contribution in [0.15, 0.2) is 42.5 Å². The Morgan fingerprint density at radius 1 is 1.04 bits per heavy atom. The van der Waals surface area contributed by atoms with Crippen molar-refractivity contribution in [1.82, 2.24) is 15.1 Å². The van der Waals surface area contributed by atoms with Crippen LogP contribution in [0.5, 0.6) is 0 Å². The van der Waals surface area contributed by atoms with Gasteiger partial charge in [-0.2, -0.15) is 5.10 Å². The molecule has 0 N–H and O–H groups in total. The van der Waals surface area contributed by atoms with Crippen LogP contribution in [0.1, 0.15) is 49.3 Å². The fourth-order valence-electron chi connectivity index (χ4n) is 3.58. The maximum absolute atomic E-state index is 12.6. The standard InChI is InChI=1S/C21H26N4O/c1-16(17-5-3-2-4-6-17)15-21(26)25-13-11-24(12-14-25)20-10-9-19(22-23-20)18-7-8-18/h2-6,9-10,16,18H,7-8,11-15H2,1H3. The highest BCUT2D eigenvalue weighted by Gasteiger charge is 2.26. The molecule has 5 heteroatoms. The number of anilines is 1. The molecule has 2 fully saturated rings. The van der Waals surface area contributed by atoms with E-state index in [1.807, 2.05) is 23.1 Å². The molecule has 1 aromatic heterocycles. The van der Waals surface area contributed by atoms with Crippen molar-refractivity contribution in [2.24, 2.45) is 0 Å². The second kappa shape index (κ2) is 7.44. The molecule has 2 aromatic rings. The van der Waals surface area contributed by atoms with E-state index >= 15 is 0 Å². The molecule has 136 valence electrons. The van der Waals surface area contributed by atoms with Gasteiger partial charge in [0, 0.05) is 38.5 Å². The minimum atomic E-state index is 0.246. The first kappa shape index (κ1) is 17.0. The molecule has 1 atom stereocenters.